The Labute approximate surface area is 114 Å². The van der Waals surface area contributed by atoms with Gasteiger partial charge in [-0.2, -0.15) is 0 Å². The van der Waals surface area contributed by atoms with Crippen molar-refractivity contribution in [1.82, 2.24) is 0 Å². The molecule has 0 saturated heterocycles. The van der Waals surface area contributed by atoms with Crippen LogP contribution in [0.5, 0.6) is 5.75 Å². The van der Waals surface area contributed by atoms with E-state index in [0.717, 1.165) is 22.6 Å². The molecule has 0 radical (unpaired) electrons. The van der Waals surface area contributed by atoms with Crippen molar-refractivity contribution in [1.29, 1.82) is 0 Å². The number of nitrogens with two attached hydrogens (primary N) is 1. The number of methoxy groups -OCH3 is 1. The Balaban J connectivity index is 2.27. The van der Waals surface area contributed by atoms with E-state index in [1.807, 2.05) is 44.4 Å². The second-order valence-electron chi connectivity index (χ2n) is 4.74. The van der Waals surface area contributed by atoms with Crippen LogP contribution in [0.1, 0.15) is 17.2 Å². The van der Waals surface area contributed by atoms with Crippen molar-refractivity contribution in [2.45, 2.75) is 6.04 Å². The summed E-state index contributed by atoms with van der Waals surface area (Å²) in [6.07, 6.45) is 0. The van der Waals surface area contributed by atoms with Crippen LogP contribution in [0, 0.1) is 0 Å². The van der Waals surface area contributed by atoms with E-state index in [1.54, 1.807) is 7.11 Å². The van der Waals surface area contributed by atoms with Crippen molar-refractivity contribution in [2.24, 2.45) is 5.73 Å². The van der Waals surface area contributed by atoms with Crippen LogP contribution >= 0.6 is 0 Å². The minimum Gasteiger partial charge on any atom is -0.497 e. The van der Waals surface area contributed by atoms with Gasteiger partial charge in [-0.05, 0) is 35.4 Å². The van der Waals surface area contributed by atoms with Crippen LogP contribution in [-0.2, 0) is 0 Å². The Kier molecular flexibility index (Phi) is 4.07. The molecular weight excluding hydrogens is 236 g/mol. The molecule has 0 aliphatic carbocycles. The number of nitrogens with zero attached hydrogens (tertiary/aromatic N) is 1. The zero-order valence-electron chi connectivity index (χ0n) is 11.6. The molecule has 0 aliphatic heterocycles. The highest BCUT2D eigenvalue weighted by molar-refractivity contribution is 5.49. The van der Waals surface area contributed by atoms with Gasteiger partial charge in [0.05, 0.1) is 13.2 Å². The second kappa shape index (κ2) is 5.76. The lowest BCUT2D eigenvalue weighted by atomic mass is 9.99. The molecule has 2 aromatic carbocycles. The van der Waals surface area contributed by atoms with Crippen LogP contribution in [0.25, 0.3) is 0 Å². The van der Waals surface area contributed by atoms with Gasteiger partial charge in [0.25, 0.3) is 0 Å². The van der Waals surface area contributed by atoms with Crippen molar-refractivity contribution in [2.75, 3.05) is 26.1 Å². The van der Waals surface area contributed by atoms with Gasteiger partial charge >= 0.3 is 0 Å². The fourth-order valence-corrected chi connectivity index (χ4v) is 2.00. The van der Waals surface area contributed by atoms with Crippen molar-refractivity contribution in [3.8, 4) is 5.75 Å². The van der Waals surface area contributed by atoms with E-state index in [-0.39, 0.29) is 6.04 Å². The summed E-state index contributed by atoms with van der Waals surface area (Å²) in [6, 6.07) is 16.0. The zero-order valence-corrected chi connectivity index (χ0v) is 11.6. The SMILES string of the molecule is COc1ccc(C(N)c2cccc(N(C)C)c2)cc1. The van der Waals surface area contributed by atoms with E-state index in [2.05, 4.69) is 23.1 Å². The number of rotatable bonds is 4. The van der Waals surface area contributed by atoms with Gasteiger partial charge in [0.2, 0.25) is 0 Å². The average Bonchev–Trinajstić information content (AvgIpc) is 2.46. The Hall–Kier alpha value is -2.00. The lowest BCUT2D eigenvalue weighted by Gasteiger charge is -2.17. The molecule has 3 heteroatoms. The maximum Gasteiger partial charge on any atom is 0.118 e. The fraction of sp³-hybridized carbons (Fsp3) is 0.250. The summed E-state index contributed by atoms with van der Waals surface area (Å²) in [6.45, 7) is 0. The van der Waals surface area contributed by atoms with Crippen molar-refractivity contribution in [3.63, 3.8) is 0 Å². The maximum absolute atomic E-state index is 6.32. The van der Waals surface area contributed by atoms with Gasteiger partial charge < -0.3 is 15.4 Å². The number of hydrogen-bond donors (Lipinski definition) is 1. The number of hydrogen-bond acceptors (Lipinski definition) is 3. The van der Waals surface area contributed by atoms with Crippen LogP contribution in [0.15, 0.2) is 48.5 Å². The molecule has 2 aromatic rings. The third-order valence-corrected chi connectivity index (χ3v) is 3.22. The highest BCUT2D eigenvalue weighted by Crippen LogP contribution is 2.24. The van der Waals surface area contributed by atoms with E-state index in [0.29, 0.717) is 0 Å². The summed E-state index contributed by atoms with van der Waals surface area (Å²) >= 11 is 0. The van der Waals surface area contributed by atoms with Crippen LogP contribution in [-0.4, -0.2) is 21.2 Å². The smallest absolute Gasteiger partial charge is 0.118 e. The molecule has 2 rings (SSSR count). The molecule has 0 aliphatic rings. The Bertz CT molecular complexity index is 535. The highest BCUT2D eigenvalue weighted by atomic mass is 16.5. The van der Waals surface area contributed by atoms with E-state index >= 15 is 0 Å². The highest BCUT2D eigenvalue weighted by Gasteiger charge is 2.10. The number of ether oxygens (including phenoxy) is 1. The molecule has 0 bridgehead atoms. The summed E-state index contributed by atoms with van der Waals surface area (Å²) in [4.78, 5) is 2.07. The van der Waals surface area contributed by atoms with Gasteiger partial charge in [-0.1, -0.05) is 24.3 Å². The minimum absolute atomic E-state index is 0.120. The number of anilines is 1. The molecule has 19 heavy (non-hydrogen) atoms. The molecule has 0 heterocycles. The Morgan fingerprint density at radius 3 is 2.26 bits per heavy atom. The van der Waals surface area contributed by atoms with Gasteiger partial charge in [-0.15, -0.1) is 0 Å². The third-order valence-electron chi connectivity index (χ3n) is 3.22. The van der Waals surface area contributed by atoms with E-state index in [9.17, 15) is 0 Å². The standard InChI is InChI=1S/C16H20N2O/c1-18(2)14-6-4-5-13(11-14)16(17)12-7-9-15(19-3)10-8-12/h4-11,16H,17H2,1-3H3. The average molecular weight is 256 g/mol. The summed E-state index contributed by atoms with van der Waals surface area (Å²) in [5.74, 6) is 0.845. The molecule has 3 nitrogen and oxygen atoms in total. The summed E-state index contributed by atoms with van der Waals surface area (Å²) < 4.78 is 5.16. The van der Waals surface area contributed by atoms with Crippen molar-refractivity contribution < 1.29 is 4.74 Å². The lowest BCUT2D eigenvalue weighted by molar-refractivity contribution is 0.414. The van der Waals surface area contributed by atoms with Crippen molar-refractivity contribution in [3.05, 3.63) is 59.7 Å². The first-order valence-corrected chi connectivity index (χ1v) is 6.28. The van der Waals surface area contributed by atoms with Crippen LogP contribution < -0.4 is 15.4 Å². The summed E-state index contributed by atoms with van der Waals surface area (Å²) in [5.41, 5.74) is 9.66. The molecule has 1 atom stereocenters. The van der Waals surface area contributed by atoms with Gasteiger partial charge in [-0.3, -0.25) is 0 Å². The largest absolute Gasteiger partial charge is 0.497 e. The summed E-state index contributed by atoms with van der Waals surface area (Å²) in [5, 5.41) is 0. The second-order valence-corrected chi connectivity index (χ2v) is 4.74. The number of benzene rings is 2. The third kappa shape index (κ3) is 3.06. The van der Waals surface area contributed by atoms with E-state index in [4.69, 9.17) is 10.5 Å². The quantitative estimate of drug-likeness (QED) is 0.914. The molecule has 0 amide bonds. The molecule has 1 unspecified atom stereocenters. The normalized spacial score (nSPS) is 12.0. The Morgan fingerprint density at radius 2 is 1.68 bits per heavy atom. The molecule has 0 saturated carbocycles. The van der Waals surface area contributed by atoms with Gasteiger partial charge in [0.15, 0.2) is 0 Å². The minimum atomic E-state index is -0.120. The molecule has 100 valence electrons. The fourth-order valence-electron chi connectivity index (χ4n) is 2.00. The maximum atomic E-state index is 6.32. The van der Waals surface area contributed by atoms with Crippen molar-refractivity contribution >= 4 is 5.69 Å². The topological polar surface area (TPSA) is 38.5 Å². The van der Waals surface area contributed by atoms with Gasteiger partial charge in [-0.25, -0.2) is 0 Å². The first-order chi connectivity index (χ1) is 9.11. The predicted molar refractivity (Wildman–Crippen MR) is 79.8 cm³/mol. The van der Waals surface area contributed by atoms with Gasteiger partial charge in [0.1, 0.15) is 5.75 Å². The Morgan fingerprint density at radius 1 is 1.00 bits per heavy atom. The lowest BCUT2D eigenvalue weighted by Crippen LogP contribution is -2.14. The first-order valence-electron chi connectivity index (χ1n) is 6.28. The van der Waals surface area contributed by atoms with Gasteiger partial charge in [0, 0.05) is 19.8 Å². The first kappa shape index (κ1) is 13.4. The van der Waals surface area contributed by atoms with Crippen LogP contribution in [0.4, 0.5) is 5.69 Å². The van der Waals surface area contributed by atoms with Crippen LogP contribution in [0.3, 0.4) is 0 Å². The molecule has 2 N–H and O–H groups in total. The molecule has 0 fully saturated rings. The summed E-state index contributed by atoms with van der Waals surface area (Å²) in [7, 11) is 5.71. The monoisotopic (exact) mass is 256 g/mol. The molecular formula is C16H20N2O. The predicted octanol–water partition coefficient (Wildman–Crippen LogP) is 2.81. The van der Waals surface area contributed by atoms with E-state index in [1.165, 1.54) is 0 Å². The zero-order chi connectivity index (χ0) is 13.8. The molecule has 0 spiro atoms. The van der Waals surface area contributed by atoms with Crippen LogP contribution in [0.2, 0.25) is 0 Å². The van der Waals surface area contributed by atoms with E-state index < -0.39 is 0 Å². The molecule has 0 aromatic heterocycles.